The third-order valence-electron chi connectivity index (χ3n) is 2.10. The lowest BCUT2D eigenvalue weighted by molar-refractivity contribution is -0.140. The van der Waals surface area contributed by atoms with E-state index in [2.05, 4.69) is 19.9 Å². The number of hydrogen-bond acceptors (Lipinski definition) is 6. The number of rotatable bonds is 4. The highest BCUT2D eigenvalue weighted by atomic mass is 16.5. The van der Waals surface area contributed by atoms with Crippen LogP contribution >= 0.6 is 0 Å². The Hall–Kier alpha value is -2.24. The molecular formula is C11H11N3O3. The summed E-state index contributed by atoms with van der Waals surface area (Å²) < 4.78 is 9.42. The summed E-state index contributed by atoms with van der Waals surface area (Å²) in [5.74, 6) is 0.350. The molecule has 0 atom stereocenters. The summed E-state index contributed by atoms with van der Waals surface area (Å²) in [6, 6.07) is 5.59. The Kier molecular flexibility index (Phi) is 3.44. The van der Waals surface area contributed by atoms with Crippen LogP contribution in [-0.2, 0) is 22.4 Å². The minimum atomic E-state index is -0.405. The van der Waals surface area contributed by atoms with Crippen LogP contribution in [0.25, 0.3) is 0 Å². The van der Waals surface area contributed by atoms with E-state index in [0.29, 0.717) is 12.2 Å². The van der Waals surface area contributed by atoms with Gasteiger partial charge in [0.1, 0.15) is 6.42 Å². The minimum absolute atomic E-state index is 0.00822. The van der Waals surface area contributed by atoms with Crippen LogP contribution in [0.1, 0.15) is 17.4 Å². The quantitative estimate of drug-likeness (QED) is 0.726. The van der Waals surface area contributed by atoms with E-state index in [-0.39, 0.29) is 12.3 Å². The molecule has 0 unspecified atom stereocenters. The van der Waals surface area contributed by atoms with Gasteiger partial charge in [0, 0.05) is 11.9 Å². The molecule has 2 aromatic rings. The summed E-state index contributed by atoms with van der Waals surface area (Å²) >= 11 is 0. The maximum atomic E-state index is 11.0. The molecule has 0 aliphatic heterocycles. The summed E-state index contributed by atoms with van der Waals surface area (Å²) in [5.41, 5.74) is 0.845. The summed E-state index contributed by atoms with van der Waals surface area (Å²) in [6.07, 6.45) is 2.17. The summed E-state index contributed by atoms with van der Waals surface area (Å²) in [4.78, 5) is 19.2. The van der Waals surface area contributed by atoms with E-state index in [0.717, 1.165) is 5.69 Å². The highest BCUT2D eigenvalue weighted by Gasteiger charge is 2.11. The molecule has 0 aromatic carbocycles. The fourth-order valence-corrected chi connectivity index (χ4v) is 1.29. The molecule has 0 aliphatic carbocycles. The molecule has 17 heavy (non-hydrogen) atoms. The van der Waals surface area contributed by atoms with Crippen LogP contribution in [0.5, 0.6) is 0 Å². The summed E-state index contributed by atoms with van der Waals surface area (Å²) in [5, 5.41) is 3.76. The Morgan fingerprint density at radius 2 is 2.35 bits per heavy atom. The van der Waals surface area contributed by atoms with Gasteiger partial charge >= 0.3 is 5.97 Å². The van der Waals surface area contributed by atoms with E-state index < -0.39 is 5.97 Å². The third-order valence-corrected chi connectivity index (χ3v) is 2.10. The predicted octanol–water partition coefficient (Wildman–Crippen LogP) is 0.771. The first-order valence-corrected chi connectivity index (χ1v) is 5.06. The summed E-state index contributed by atoms with van der Waals surface area (Å²) in [7, 11) is 1.31. The van der Waals surface area contributed by atoms with Gasteiger partial charge in [-0.2, -0.15) is 4.98 Å². The van der Waals surface area contributed by atoms with Gasteiger partial charge in [-0.3, -0.25) is 9.78 Å². The maximum absolute atomic E-state index is 11.0. The van der Waals surface area contributed by atoms with E-state index in [4.69, 9.17) is 4.52 Å². The molecule has 6 heteroatoms. The lowest BCUT2D eigenvalue weighted by Gasteiger charge is -1.93. The molecule has 2 aromatic heterocycles. The zero-order valence-electron chi connectivity index (χ0n) is 9.29. The van der Waals surface area contributed by atoms with Crippen molar-refractivity contribution in [2.75, 3.05) is 7.11 Å². The van der Waals surface area contributed by atoms with Crippen molar-refractivity contribution >= 4 is 5.97 Å². The van der Waals surface area contributed by atoms with Crippen LogP contribution in [0.2, 0.25) is 0 Å². The van der Waals surface area contributed by atoms with E-state index in [1.54, 1.807) is 6.20 Å². The second kappa shape index (κ2) is 5.20. The maximum Gasteiger partial charge on any atom is 0.315 e. The first-order valence-electron chi connectivity index (χ1n) is 5.06. The van der Waals surface area contributed by atoms with Crippen LogP contribution < -0.4 is 0 Å². The highest BCUT2D eigenvalue weighted by Crippen LogP contribution is 2.04. The Balaban J connectivity index is 2.01. The Labute approximate surface area is 97.6 Å². The van der Waals surface area contributed by atoms with Crippen molar-refractivity contribution in [2.24, 2.45) is 0 Å². The number of methoxy groups -OCH3 is 1. The number of pyridine rings is 1. The third kappa shape index (κ3) is 3.10. The van der Waals surface area contributed by atoms with Gasteiger partial charge in [0.15, 0.2) is 5.82 Å². The average molecular weight is 233 g/mol. The first-order chi connectivity index (χ1) is 8.28. The SMILES string of the molecule is COC(=O)Cc1nc(Cc2ccccn2)no1. The van der Waals surface area contributed by atoms with Crippen LogP contribution in [0.4, 0.5) is 0 Å². The topological polar surface area (TPSA) is 78.1 Å². The monoisotopic (exact) mass is 233 g/mol. The molecule has 88 valence electrons. The Morgan fingerprint density at radius 1 is 1.47 bits per heavy atom. The van der Waals surface area contributed by atoms with Gasteiger partial charge in [0.05, 0.1) is 13.5 Å². The zero-order chi connectivity index (χ0) is 12.1. The van der Waals surface area contributed by atoms with Crippen molar-refractivity contribution in [3.05, 3.63) is 41.8 Å². The number of esters is 1. The molecule has 0 saturated heterocycles. The largest absolute Gasteiger partial charge is 0.469 e. The Morgan fingerprint density at radius 3 is 3.06 bits per heavy atom. The molecule has 0 radical (unpaired) electrons. The molecule has 0 amide bonds. The molecule has 2 rings (SSSR count). The second-order valence-electron chi connectivity index (χ2n) is 3.36. The van der Waals surface area contributed by atoms with Gasteiger partial charge in [-0.05, 0) is 12.1 Å². The molecule has 0 saturated carbocycles. The molecule has 0 bridgehead atoms. The van der Waals surface area contributed by atoms with E-state index in [1.807, 2.05) is 18.2 Å². The molecule has 0 spiro atoms. The second-order valence-corrected chi connectivity index (χ2v) is 3.36. The fraction of sp³-hybridized carbons (Fsp3) is 0.273. The number of carbonyl (C=O) groups is 1. The van der Waals surface area contributed by atoms with E-state index in [1.165, 1.54) is 7.11 Å². The van der Waals surface area contributed by atoms with Crippen molar-refractivity contribution in [2.45, 2.75) is 12.8 Å². The molecular weight excluding hydrogens is 222 g/mol. The predicted molar refractivity (Wildman–Crippen MR) is 57.1 cm³/mol. The Bertz CT molecular complexity index is 496. The lowest BCUT2D eigenvalue weighted by Crippen LogP contribution is -2.04. The average Bonchev–Trinajstić information content (AvgIpc) is 2.77. The van der Waals surface area contributed by atoms with Crippen LogP contribution in [0.3, 0.4) is 0 Å². The van der Waals surface area contributed by atoms with Crippen molar-refractivity contribution < 1.29 is 14.1 Å². The van der Waals surface area contributed by atoms with Crippen molar-refractivity contribution in [3.63, 3.8) is 0 Å². The minimum Gasteiger partial charge on any atom is -0.469 e. The lowest BCUT2D eigenvalue weighted by atomic mass is 10.2. The van der Waals surface area contributed by atoms with Gasteiger partial charge in [0.25, 0.3) is 0 Å². The summed E-state index contributed by atoms with van der Waals surface area (Å²) in [6.45, 7) is 0. The van der Waals surface area contributed by atoms with Crippen molar-refractivity contribution in [3.8, 4) is 0 Å². The van der Waals surface area contributed by atoms with Gasteiger partial charge in [-0.15, -0.1) is 0 Å². The number of aromatic nitrogens is 3. The standard InChI is InChI=1S/C11H11N3O3/c1-16-11(15)7-10-13-9(14-17-10)6-8-4-2-3-5-12-8/h2-5H,6-7H2,1H3. The van der Waals surface area contributed by atoms with Gasteiger partial charge in [-0.25, -0.2) is 0 Å². The van der Waals surface area contributed by atoms with Crippen LogP contribution in [-0.4, -0.2) is 28.2 Å². The zero-order valence-corrected chi connectivity index (χ0v) is 9.29. The normalized spacial score (nSPS) is 10.2. The van der Waals surface area contributed by atoms with Gasteiger partial charge in [0.2, 0.25) is 5.89 Å². The fourth-order valence-electron chi connectivity index (χ4n) is 1.29. The molecule has 6 nitrogen and oxygen atoms in total. The van der Waals surface area contributed by atoms with E-state index in [9.17, 15) is 4.79 Å². The van der Waals surface area contributed by atoms with Gasteiger partial charge < -0.3 is 9.26 Å². The number of nitrogens with zero attached hydrogens (tertiary/aromatic N) is 3. The molecule has 2 heterocycles. The highest BCUT2D eigenvalue weighted by molar-refractivity contribution is 5.71. The number of hydrogen-bond donors (Lipinski definition) is 0. The van der Waals surface area contributed by atoms with Crippen molar-refractivity contribution in [1.82, 2.24) is 15.1 Å². The van der Waals surface area contributed by atoms with Crippen LogP contribution in [0, 0.1) is 0 Å². The first kappa shape index (κ1) is 11.3. The molecule has 0 N–H and O–H groups in total. The number of carbonyl (C=O) groups excluding carboxylic acids is 1. The van der Waals surface area contributed by atoms with Crippen molar-refractivity contribution in [1.29, 1.82) is 0 Å². The molecule has 0 aliphatic rings. The van der Waals surface area contributed by atoms with Gasteiger partial charge in [-0.1, -0.05) is 11.2 Å². The number of ether oxygens (including phenoxy) is 1. The smallest absolute Gasteiger partial charge is 0.315 e. The molecule has 0 fully saturated rings. The van der Waals surface area contributed by atoms with Crippen LogP contribution in [0.15, 0.2) is 28.9 Å². The van der Waals surface area contributed by atoms with E-state index >= 15 is 0 Å².